The number of carboxylic acid groups (broad SMARTS) is 1. The smallest absolute Gasteiger partial charge is 0.303 e. The quantitative estimate of drug-likeness (QED) is 0.748. The minimum absolute atomic E-state index is 0.0496. The van der Waals surface area contributed by atoms with Gasteiger partial charge >= 0.3 is 5.97 Å². The molecule has 1 fully saturated rings. The number of nitrogens with two attached hydrogens (primary N) is 1. The molecule has 0 spiro atoms. The molecule has 0 saturated carbocycles. The van der Waals surface area contributed by atoms with Crippen LogP contribution in [-0.2, 0) is 9.59 Å². The normalized spacial score (nSPS) is 18.7. The Morgan fingerprint density at radius 2 is 2.00 bits per heavy atom. The number of carbonyl (C=O) groups is 2. The summed E-state index contributed by atoms with van der Waals surface area (Å²) in [5, 5.41) is 8.64. The second-order valence-corrected chi connectivity index (χ2v) is 5.10. The number of piperidine rings is 1. The third-order valence-corrected chi connectivity index (χ3v) is 3.61. The van der Waals surface area contributed by atoms with Gasteiger partial charge in [-0.25, -0.2) is 0 Å². The van der Waals surface area contributed by atoms with Crippen molar-refractivity contribution in [2.24, 2.45) is 11.7 Å². The lowest BCUT2D eigenvalue weighted by molar-refractivity contribution is -0.138. The van der Waals surface area contributed by atoms with Gasteiger partial charge in [-0.05, 0) is 31.6 Å². The molecule has 5 heteroatoms. The number of rotatable bonds is 6. The van der Waals surface area contributed by atoms with E-state index in [1.165, 1.54) is 0 Å². The lowest BCUT2D eigenvalue weighted by Crippen LogP contribution is -2.47. The second kappa shape index (κ2) is 7.36. The summed E-state index contributed by atoms with van der Waals surface area (Å²) in [6.07, 6.45) is 4.40. The number of carbonyl (C=O) groups excluding carboxylic acids is 1. The molecule has 1 heterocycles. The van der Waals surface area contributed by atoms with Crippen molar-refractivity contribution < 1.29 is 14.7 Å². The number of aliphatic carboxylic acids is 1. The predicted molar refractivity (Wildman–Crippen MR) is 69.1 cm³/mol. The molecule has 1 atom stereocenters. The third kappa shape index (κ3) is 4.64. The van der Waals surface area contributed by atoms with Gasteiger partial charge < -0.3 is 15.7 Å². The summed E-state index contributed by atoms with van der Waals surface area (Å²) >= 11 is 0. The van der Waals surface area contributed by atoms with Crippen molar-refractivity contribution >= 4 is 11.9 Å². The SMILES string of the molecule is CCC[C@@H](N)C(=O)N1CCC(CCC(=O)O)CC1. The number of hydrogen-bond acceptors (Lipinski definition) is 3. The van der Waals surface area contributed by atoms with E-state index in [9.17, 15) is 9.59 Å². The zero-order chi connectivity index (χ0) is 13.5. The van der Waals surface area contributed by atoms with Gasteiger partial charge in [0.2, 0.25) is 5.91 Å². The molecule has 3 N–H and O–H groups in total. The molecule has 0 aromatic rings. The van der Waals surface area contributed by atoms with Gasteiger partial charge in [-0.2, -0.15) is 0 Å². The Balaban J connectivity index is 2.30. The van der Waals surface area contributed by atoms with Crippen LogP contribution in [0.2, 0.25) is 0 Å². The first-order chi connectivity index (χ1) is 8.54. The summed E-state index contributed by atoms with van der Waals surface area (Å²) in [6, 6.07) is -0.370. The van der Waals surface area contributed by atoms with E-state index in [0.717, 1.165) is 45.2 Å². The van der Waals surface area contributed by atoms with Crippen LogP contribution < -0.4 is 5.73 Å². The fourth-order valence-corrected chi connectivity index (χ4v) is 2.44. The molecule has 0 aromatic carbocycles. The van der Waals surface area contributed by atoms with Crippen LogP contribution in [0.5, 0.6) is 0 Å². The van der Waals surface area contributed by atoms with Crippen LogP contribution in [0, 0.1) is 5.92 Å². The fourth-order valence-electron chi connectivity index (χ4n) is 2.44. The predicted octanol–water partition coefficient (Wildman–Crippen LogP) is 1.22. The van der Waals surface area contributed by atoms with E-state index in [0.29, 0.717) is 5.92 Å². The average molecular weight is 256 g/mol. The minimum Gasteiger partial charge on any atom is -0.481 e. The van der Waals surface area contributed by atoms with E-state index in [-0.39, 0.29) is 18.4 Å². The first kappa shape index (κ1) is 15.0. The lowest BCUT2D eigenvalue weighted by Gasteiger charge is -2.33. The van der Waals surface area contributed by atoms with E-state index in [4.69, 9.17) is 10.8 Å². The van der Waals surface area contributed by atoms with Gasteiger partial charge in [0.1, 0.15) is 0 Å². The molecule has 1 amide bonds. The first-order valence-electron chi connectivity index (χ1n) is 6.80. The third-order valence-electron chi connectivity index (χ3n) is 3.61. The van der Waals surface area contributed by atoms with Crippen molar-refractivity contribution in [2.75, 3.05) is 13.1 Å². The summed E-state index contributed by atoms with van der Waals surface area (Å²) in [6.45, 7) is 3.46. The highest BCUT2D eigenvalue weighted by atomic mass is 16.4. The van der Waals surface area contributed by atoms with Crippen molar-refractivity contribution in [3.8, 4) is 0 Å². The maximum absolute atomic E-state index is 12.0. The lowest BCUT2D eigenvalue weighted by atomic mass is 9.92. The van der Waals surface area contributed by atoms with E-state index in [1.54, 1.807) is 0 Å². The Kier molecular flexibility index (Phi) is 6.12. The van der Waals surface area contributed by atoms with Crippen LogP contribution >= 0.6 is 0 Å². The van der Waals surface area contributed by atoms with Crippen LogP contribution in [0.3, 0.4) is 0 Å². The average Bonchev–Trinajstić information content (AvgIpc) is 2.36. The molecule has 0 aliphatic carbocycles. The van der Waals surface area contributed by atoms with Gasteiger partial charge in [0.05, 0.1) is 6.04 Å². The number of nitrogens with zero attached hydrogens (tertiary/aromatic N) is 1. The molecule has 0 unspecified atom stereocenters. The van der Waals surface area contributed by atoms with Gasteiger partial charge in [0.15, 0.2) is 0 Å². The summed E-state index contributed by atoms with van der Waals surface area (Å²) in [5.74, 6) is -0.250. The Labute approximate surface area is 108 Å². The van der Waals surface area contributed by atoms with Crippen molar-refractivity contribution in [3.05, 3.63) is 0 Å². The van der Waals surface area contributed by atoms with Crippen molar-refractivity contribution in [1.29, 1.82) is 0 Å². The number of amides is 1. The minimum atomic E-state index is -0.738. The molecule has 0 radical (unpaired) electrons. The van der Waals surface area contributed by atoms with Crippen LogP contribution in [0.1, 0.15) is 45.4 Å². The Bertz CT molecular complexity index is 286. The number of carboxylic acids is 1. The zero-order valence-corrected chi connectivity index (χ0v) is 11.1. The number of hydrogen-bond donors (Lipinski definition) is 2. The Hall–Kier alpha value is -1.10. The van der Waals surface area contributed by atoms with E-state index >= 15 is 0 Å². The van der Waals surface area contributed by atoms with Gasteiger partial charge in [-0.3, -0.25) is 9.59 Å². The van der Waals surface area contributed by atoms with Crippen LogP contribution in [0.4, 0.5) is 0 Å². The highest BCUT2D eigenvalue weighted by molar-refractivity contribution is 5.81. The van der Waals surface area contributed by atoms with Crippen molar-refractivity contribution in [3.63, 3.8) is 0 Å². The van der Waals surface area contributed by atoms with Gasteiger partial charge in [0, 0.05) is 19.5 Å². The molecule has 0 bridgehead atoms. The van der Waals surface area contributed by atoms with Crippen LogP contribution in [0.15, 0.2) is 0 Å². The first-order valence-corrected chi connectivity index (χ1v) is 6.80. The highest BCUT2D eigenvalue weighted by Crippen LogP contribution is 2.22. The summed E-state index contributed by atoms with van der Waals surface area (Å²) in [7, 11) is 0. The van der Waals surface area contributed by atoms with E-state index < -0.39 is 5.97 Å². The highest BCUT2D eigenvalue weighted by Gasteiger charge is 2.25. The molecule has 0 aromatic heterocycles. The summed E-state index contributed by atoms with van der Waals surface area (Å²) in [4.78, 5) is 24.3. The van der Waals surface area contributed by atoms with E-state index in [1.807, 2.05) is 11.8 Å². The molecule has 5 nitrogen and oxygen atoms in total. The summed E-state index contributed by atoms with van der Waals surface area (Å²) < 4.78 is 0. The maximum atomic E-state index is 12.0. The molecular formula is C13H24N2O3. The largest absolute Gasteiger partial charge is 0.481 e. The summed E-state index contributed by atoms with van der Waals surface area (Å²) in [5.41, 5.74) is 5.82. The van der Waals surface area contributed by atoms with Crippen LogP contribution in [0.25, 0.3) is 0 Å². The molecule has 104 valence electrons. The molecule has 18 heavy (non-hydrogen) atoms. The standard InChI is InChI=1S/C13H24N2O3/c1-2-3-11(14)13(18)15-8-6-10(7-9-15)4-5-12(16)17/h10-11H,2-9,14H2,1H3,(H,16,17)/t11-/m1/s1. The van der Waals surface area contributed by atoms with E-state index in [2.05, 4.69) is 0 Å². The topological polar surface area (TPSA) is 83.6 Å². The molecule has 1 saturated heterocycles. The van der Waals surface area contributed by atoms with Gasteiger partial charge in [0.25, 0.3) is 0 Å². The zero-order valence-electron chi connectivity index (χ0n) is 11.1. The number of likely N-dealkylation sites (tertiary alicyclic amines) is 1. The van der Waals surface area contributed by atoms with Crippen LogP contribution in [-0.4, -0.2) is 41.0 Å². The molecule has 1 aliphatic rings. The van der Waals surface area contributed by atoms with Gasteiger partial charge in [-0.15, -0.1) is 0 Å². The Morgan fingerprint density at radius 1 is 1.39 bits per heavy atom. The van der Waals surface area contributed by atoms with Gasteiger partial charge in [-0.1, -0.05) is 13.3 Å². The van der Waals surface area contributed by atoms with Crippen molar-refractivity contribution in [1.82, 2.24) is 4.90 Å². The second-order valence-electron chi connectivity index (χ2n) is 5.10. The molecule has 1 aliphatic heterocycles. The Morgan fingerprint density at radius 3 is 2.50 bits per heavy atom. The molecular weight excluding hydrogens is 232 g/mol. The fraction of sp³-hybridized carbons (Fsp3) is 0.846. The maximum Gasteiger partial charge on any atom is 0.303 e. The molecule has 1 rings (SSSR count). The monoisotopic (exact) mass is 256 g/mol. The van der Waals surface area contributed by atoms with Crippen molar-refractivity contribution in [2.45, 2.75) is 51.5 Å².